The molecule has 0 bridgehead atoms. The molecular formula is C22H24N2O3. The van der Waals surface area contributed by atoms with Crippen LogP contribution in [0.15, 0.2) is 54.6 Å². The van der Waals surface area contributed by atoms with Crippen LogP contribution < -0.4 is 9.47 Å². The fourth-order valence-corrected chi connectivity index (χ4v) is 3.40. The first-order valence-corrected chi connectivity index (χ1v) is 9.41. The minimum Gasteiger partial charge on any atom is -0.486 e. The number of hydrogen-bond donors (Lipinski definition) is 0. The van der Waals surface area contributed by atoms with E-state index in [1.54, 1.807) is 6.08 Å². The summed E-state index contributed by atoms with van der Waals surface area (Å²) in [4.78, 5) is 16.8. The maximum atomic E-state index is 12.5. The van der Waals surface area contributed by atoms with Crippen molar-refractivity contribution in [3.8, 4) is 11.5 Å². The van der Waals surface area contributed by atoms with Crippen LogP contribution in [-0.4, -0.2) is 55.1 Å². The van der Waals surface area contributed by atoms with E-state index in [9.17, 15) is 4.79 Å². The quantitative estimate of drug-likeness (QED) is 0.783. The Hall–Kier alpha value is -2.79. The van der Waals surface area contributed by atoms with Crippen LogP contribution in [0.25, 0.3) is 6.08 Å². The van der Waals surface area contributed by atoms with Crippen molar-refractivity contribution in [3.63, 3.8) is 0 Å². The molecule has 0 radical (unpaired) electrons. The molecule has 0 aromatic heterocycles. The summed E-state index contributed by atoms with van der Waals surface area (Å²) in [6.45, 7) is 5.41. The van der Waals surface area contributed by atoms with E-state index in [4.69, 9.17) is 9.47 Å². The summed E-state index contributed by atoms with van der Waals surface area (Å²) in [5.41, 5.74) is 2.26. The van der Waals surface area contributed by atoms with Crippen molar-refractivity contribution < 1.29 is 14.3 Å². The van der Waals surface area contributed by atoms with Crippen LogP contribution in [0.1, 0.15) is 11.1 Å². The second-order valence-electron chi connectivity index (χ2n) is 6.82. The second-order valence-corrected chi connectivity index (χ2v) is 6.82. The fraction of sp³-hybridized carbons (Fsp3) is 0.318. The Labute approximate surface area is 159 Å². The van der Waals surface area contributed by atoms with E-state index >= 15 is 0 Å². The zero-order valence-corrected chi connectivity index (χ0v) is 15.3. The Balaban J connectivity index is 1.30. The van der Waals surface area contributed by atoms with Crippen LogP contribution >= 0.6 is 0 Å². The average Bonchev–Trinajstić information content (AvgIpc) is 2.73. The summed E-state index contributed by atoms with van der Waals surface area (Å²) in [5, 5.41) is 0. The third-order valence-corrected chi connectivity index (χ3v) is 4.92. The highest BCUT2D eigenvalue weighted by atomic mass is 16.6. The SMILES string of the molecule is O=C(/C=C/c1ccc2c(c1)OCCO2)N1CCN(Cc2ccccc2)CC1. The highest BCUT2D eigenvalue weighted by Crippen LogP contribution is 2.31. The number of amides is 1. The predicted octanol–water partition coefficient (Wildman–Crippen LogP) is 2.82. The molecule has 0 atom stereocenters. The summed E-state index contributed by atoms with van der Waals surface area (Å²) >= 11 is 0. The molecule has 1 saturated heterocycles. The first-order valence-electron chi connectivity index (χ1n) is 9.41. The van der Waals surface area contributed by atoms with Crippen molar-refractivity contribution in [2.24, 2.45) is 0 Å². The summed E-state index contributed by atoms with van der Waals surface area (Å²) in [6.07, 6.45) is 3.50. The van der Waals surface area contributed by atoms with Crippen molar-refractivity contribution in [1.29, 1.82) is 0 Å². The maximum Gasteiger partial charge on any atom is 0.246 e. The second kappa shape index (κ2) is 8.27. The van der Waals surface area contributed by atoms with Crippen LogP contribution in [0.3, 0.4) is 0 Å². The molecule has 2 heterocycles. The average molecular weight is 364 g/mol. The lowest BCUT2D eigenvalue weighted by Gasteiger charge is -2.34. The maximum absolute atomic E-state index is 12.5. The molecular weight excluding hydrogens is 340 g/mol. The zero-order chi connectivity index (χ0) is 18.5. The van der Waals surface area contributed by atoms with Gasteiger partial charge in [-0.2, -0.15) is 0 Å². The molecule has 1 fully saturated rings. The number of hydrogen-bond acceptors (Lipinski definition) is 4. The van der Waals surface area contributed by atoms with E-state index in [1.165, 1.54) is 5.56 Å². The van der Waals surface area contributed by atoms with Crippen LogP contribution in [0.2, 0.25) is 0 Å². The molecule has 2 aromatic rings. The molecule has 0 spiro atoms. The Bertz CT molecular complexity index is 812. The Kier molecular flexibility index (Phi) is 5.39. The molecule has 0 aliphatic carbocycles. The fourth-order valence-electron chi connectivity index (χ4n) is 3.40. The topological polar surface area (TPSA) is 42.0 Å². The van der Waals surface area contributed by atoms with Gasteiger partial charge < -0.3 is 14.4 Å². The molecule has 2 aliphatic heterocycles. The smallest absolute Gasteiger partial charge is 0.246 e. The van der Waals surface area contributed by atoms with E-state index in [0.717, 1.165) is 49.8 Å². The molecule has 0 saturated carbocycles. The third kappa shape index (κ3) is 4.49. The summed E-state index contributed by atoms with van der Waals surface area (Å²) in [5.74, 6) is 1.56. The van der Waals surface area contributed by atoms with E-state index < -0.39 is 0 Å². The molecule has 4 rings (SSSR count). The Morgan fingerprint density at radius 2 is 1.67 bits per heavy atom. The molecule has 0 N–H and O–H groups in total. The number of fused-ring (bicyclic) bond motifs is 1. The van der Waals surface area contributed by atoms with Crippen molar-refractivity contribution in [2.45, 2.75) is 6.54 Å². The standard InChI is InChI=1S/C22H24N2O3/c25-22(9-7-18-6-8-20-21(16-18)27-15-14-26-20)24-12-10-23(11-13-24)17-19-4-2-1-3-5-19/h1-9,16H,10-15,17H2/b9-7+. The van der Waals surface area contributed by atoms with Crippen LogP contribution in [0, 0.1) is 0 Å². The Morgan fingerprint density at radius 3 is 2.44 bits per heavy atom. The molecule has 2 aliphatic rings. The van der Waals surface area contributed by atoms with Gasteiger partial charge in [-0.3, -0.25) is 9.69 Å². The van der Waals surface area contributed by atoms with Crippen molar-refractivity contribution in [2.75, 3.05) is 39.4 Å². The highest BCUT2D eigenvalue weighted by Gasteiger charge is 2.19. The lowest BCUT2D eigenvalue weighted by atomic mass is 10.1. The first kappa shape index (κ1) is 17.6. The largest absolute Gasteiger partial charge is 0.486 e. The normalized spacial score (nSPS) is 17.3. The van der Waals surface area contributed by atoms with Crippen molar-refractivity contribution in [3.05, 3.63) is 65.7 Å². The number of piperazine rings is 1. The lowest BCUT2D eigenvalue weighted by Crippen LogP contribution is -2.47. The number of nitrogens with zero attached hydrogens (tertiary/aromatic N) is 2. The molecule has 5 heteroatoms. The molecule has 2 aromatic carbocycles. The molecule has 27 heavy (non-hydrogen) atoms. The van der Waals surface area contributed by atoms with Gasteiger partial charge in [0.25, 0.3) is 0 Å². The number of benzene rings is 2. The molecule has 140 valence electrons. The summed E-state index contributed by atoms with van der Waals surface area (Å²) in [6, 6.07) is 16.2. The number of carbonyl (C=O) groups excluding carboxylic acids is 1. The minimum atomic E-state index is 0.0595. The van der Waals surface area contributed by atoms with E-state index in [0.29, 0.717) is 13.2 Å². The summed E-state index contributed by atoms with van der Waals surface area (Å²) < 4.78 is 11.1. The number of carbonyl (C=O) groups is 1. The van der Waals surface area contributed by atoms with Crippen molar-refractivity contribution in [1.82, 2.24) is 9.80 Å². The van der Waals surface area contributed by atoms with E-state index in [-0.39, 0.29) is 5.91 Å². The number of ether oxygens (including phenoxy) is 2. The minimum absolute atomic E-state index is 0.0595. The molecule has 5 nitrogen and oxygen atoms in total. The van der Waals surface area contributed by atoms with Gasteiger partial charge in [-0.05, 0) is 29.3 Å². The molecule has 1 amide bonds. The Morgan fingerprint density at radius 1 is 0.926 bits per heavy atom. The number of rotatable bonds is 4. The van der Waals surface area contributed by atoms with Crippen LogP contribution in [0.4, 0.5) is 0 Å². The van der Waals surface area contributed by atoms with Gasteiger partial charge in [0, 0.05) is 38.8 Å². The van der Waals surface area contributed by atoms with Gasteiger partial charge in [-0.1, -0.05) is 36.4 Å². The van der Waals surface area contributed by atoms with Gasteiger partial charge in [0.15, 0.2) is 11.5 Å². The van der Waals surface area contributed by atoms with E-state index in [2.05, 4.69) is 29.2 Å². The van der Waals surface area contributed by atoms with Gasteiger partial charge in [0.1, 0.15) is 13.2 Å². The third-order valence-electron chi connectivity index (χ3n) is 4.92. The van der Waals surface area contributed by atoms with Gasteiger partial charge in [0.05, 0.1) is 0 Å². The van der Waals surface area contributed by atoms with Crippen LogP contribution in [-0.2, 0) is 11.3 Å². The van der Waals surface area contributed by atoms with Gasteiger partial charge in [0.2, 0.25) is 5.91 Å². The highest BCUT2D eigenvalue weighted by molar-refractivity contribution is 5.92. The first-order chi connectivity index (χ1) is 13.3. The van der Waals surface area contributed by atoms with Gasteiger partial charge in [-0.15, -0.1) is 0 Å². The van der Waals surface area contributed by atoms with Gasteiger partial charge in [-0.25, -0.2) is 0 Å². The van der Waals surface area contributed by atoms with Crippen molar-refractivity contribution >= 4 is 12.0 Å². The van der Waals surface area contributed by atoms with Crippen LogP contribution in [0.5, 0.6) is 11.5 Å². The van der Waals surface area contributed by atoms with E-state index in [1.807, 2.05) is 35.2 Å². The summed E-state index contributed by atoms with van der Waals surface area (Å²) in [7, 11) is 0. The van der Waals surface area contributed by atoms with Gasteiger partial charge >= 0.3 is 0 Å². The zero-order valence-electron chi connectivity index (χ0n) is 15.3. The molecule has 0 unspecified atom stereocenters. The monoisotopic (exact) mass is 364 g/mol. The lowest BCUT2D eigenvalue weighted by molar-refractivity contribution is -0.127. The predicted molar refractivity (Wildman–Crippen MR) is 105 cm³/mol.